The van der Waals surface area contributed by atoms with Crippen molar-refractivity contribution in [1.82, 2.24) is 0 Å². The normalized spacial score (nSPS) is 125. The molecule has 0 aliphatic carbocycles. The minimum absolute atomic E-state index is 0.288. The van der Waals surface area contributed by atoms with Gasteiger partial charge in [0.2, 0.25) is 0 Å². The van der Waals surface area contributed by atoms with Crippen LogP contribution in [0.2, 0.25) is 44.2 Å². The molecule has 4 atom stereocenters. The van der Waals surface area contributed by atoms with Crippen LogP contribution in [0.4, 0.5) is 0 Å². The predicted octanol–water partition coefficient (Wildman–Crippen LogP) is 2.90. The summed E-state index contributed by atoms with van der Waals surface area (Å²) in [6.07, 6.45) is 1.19. The van der Waals surface area contributed by atoms with Crippen LogP contribution >= 0.6 is 0 Å². The van der Waals surface area contributed by atoms with Gasteiger partial charge in [0.15, 0.2) is 0 Å². The summed E-state index contributed by atoms with van der Waals surface area (Å²) < 4.78 is 11.2. The van der Waals surface area contributed by atoms with Crippen molar-refractivity contribution in [3.05, 3.63) is 0 Å². The molecule has 16 heavy (non-hydrogen) atoms. The molecule has 0 amide bonds. The number of aldehydes is 1. The second kappa shape index (κ2) is 0.425. The summed E-state index contributed by atoms with van der Waals surface area (Å²) in [5, 5.41) is 0. The Morgan fingerprint density at radius 3 is 1.75 bits per heavy atom. The number of carbonyl (C=O) groups excluding carboxylic acids is 2. The van der Waals surface area contributed by atoms with Crippen LogP contribution < -0.4 is 0 Å². The van der Waals surface area contributed by atoms with Gasteiger partial charge in [0, 0.05) is 0 Å². The number of Topliss-reactive ketones (excluding diaryl/α,β-unsaturated/α-hetero) is 1. The van der Waals surface area contributed by atoms with Crippen LogP contribution in [0.15, 0.2) is 0 Å². The van der Waals surface area contributed by atoms with Gasteiger partial charge in [-0.3, -0.25) is 0 Å². The summed E-state index contributed by atoms with van der Waals surface area (Å²) in [6.45, 7) is 0. The van der Waals surface area contributed by atoms with E-state index in [1.54, 1.807) is 0 Å². The van der Waals surface area contributed by atoms with Crippen LogP contribution in [0.1, 0.15) is 6.42 Å². The van der Waals surface area contributed by atoms with Gasteiger partial charge in [-0.15, -0.1) is 0 Å². The zero-order chi connectivity index (χ0) is 10.0. The Labute approximate surface area is 80.2 Å². The van der Waals surface area contributed by atoms with Crippen molar-refractivity contribution in [3.8, 4) is 0 Å². The summed E-state index contributed by atoms with van der Waals surface area (Å²) >= 11 is 0. The van der Waals surface area contributed by atoms with Gasteiger partial charge in [-0.1, -0.05) is 0 Å². The summed E-state index contributed by atoms with van der Waals surface area (Å²) in [4.78, 5) is 23.4. The zero-order valence-corrected chi connectivity index (χ0v) is 11.2. The second-order valence-electron chi connectivity index (χ2n) is 10.5. The molecule has 0 aromatic heterocycles. The third-order valence-electron chi connectivity index (χ3n) is 15.4. The Balaban J connectivity index is 1.66. The quantitative estimate of drug-likeness (QED) is 0.549. The number of hydrogen-bond acceptors (Lipinski definition) is 2. The molecule has 3 heteroatoms. The molecule has 0 aromatic carbocycles. The van der Waals surface area contributed by atoms with E-state index in [-0.39, 0.29) is 6.42 Å². The third kappa shape index (κ3) is 0.0478. The van der Waals surface area contributed by atoms with Gasteiger partial charge < -0.3 is 0 Å². The van der Waals surface area contributed by atoms with E-state index in [0.29, 0.717) is 9.75 Å². The second-order valence-corrected chi connectivity index (χ2v) is 64.7. The SMILES string of the molecule is O=CCC(=O)[C]12[CH]3[CH]4[CH]5[CH]1[Os]45321678[CH]2[CH]1[CH]6[CH]7[CH]28. The molecule has 0 N–H and O–H groups in total. The molecule has 2 nitrogen and oxygen atoms in total. The van der Waals surface area contributed by atoms with Crippen molar-refractivity contribution in [2.45, 2.75) is 50.6 Å². The molecule has 10 rings (SSSR count). The Hall–Kier alpha value is -0.0236. The van der Waals surface area contributed by atoms with E-state index in [0.717, 1.165) is 15.2 Å². The van der Waals surface area contributed by atoms with Gasteiger partial charge >= 0.3 is 80.2 Å². The number of ketones is 1. The number of fused-ring (bicyclic) bond motifs is 10. The summed E-state index contributed by atoms with van der Waals surface area (Å²) in [6, 6.07) is 0. The molecular weight excluding hydrogens is 378 g/mol. The van der Waals surface area contributed by atoms with Crippen LogP contribution in [-0.2, 0) is 17.5 Å². The average Bonchev–Trinajstić information content (AvgIpc) is 3.23. The molecule has 0 saturated carbocycles. The first kappa shape index (κ1) is 5.74. The van der Waals surface area contributed by atoms with E-state index in [1.165, 1.54) is 31.3 Å². The Morgan fingerprint density at radius 2 is 1.50 bits per heavy atom. The zero-order valence-electron chi connectivity index (χ0n) is 8.65. The maximum absolute atomic E-state index is 12.6. The standard InChI is InChI=1S/C8H7O2.C5H5.Os/c9-6-5-8(10)7-3-1-2-4-7;1-2-4-5-3-1;/h1-4,6H,5H2;1-5H;. The van der Waals surface area contributed by atoms with Crippen molar-refractivity contribution >= 4 is 12.1 Å². The third-order valence-corrected chi connectivity index (χ3v) is 113. The molecular formula is C13H12O2Os. The van der Waals surface area contributed by atoms with Gasteiger partial charge in [0.05, 0.1) is 0 Å². The molecule has 10 saturated heterocycles. The van der Waals surface area contributed by atoms with E-state index >= 15 is 0 Å². The van der Waals surface area contributed by atoms with E-state index in [4.69, 9.17) is 0 Å². The molecule has 10 aliphatic rings. The molecule has 4 unspecified atom stereocenters. The molecule has 0 aromatic rings. The maximum atomic E-state index is 12.6. The monoisotopic (exact) mass is 392 g/mol. The summed E-state index contributed by atoms with van der Waals surface area (Å²) in [5.41, 5.74) is 0. The fourth-order valence-electron chi connectivity index (χ4n) is 17.2. The Bertz CT molecular complexity index is 909. The van der Waals surface area contributed by atoms with Gasteiger partial charge in [0.1, 0.15) is 0 Å². The molecule has 10 heterocycles. The van der Waals surface area contributed by atoms with Gasteiger partial charge in [-0.05, 0) is 0 Å². The van der Waals surface area contributed by atoms with E-state index < -0.39 is 7.88 Å². The number of hydrogen-bond donors (Lipinski definition) is 0. The molecule has 10 aliphatic heterocycles. The van der Waals surface area contributed by atoms with Crippen molar-refractivity contribution in [3.63, 3.8) is 0 Å². The molecule has 0 bridgehead atoms. The topological polar surface area (TPSA) is 34.1 Å². The van der Waals surface area contributed by atoms with Gasteiger partial charge in [-0.2, -0.15) is 0 Å². The van der Waals surface area contributed by atoms with E-state index in [1.807, 2.05) is 0 Å². The first-order valence-corrected chi connectivity index (χ1v) is 21.2. The predicted molar refractivity (Wildman–Crippen MR) is 52.1 cm³/mol. The van der Waals surface area contributed by atoms with Crippen molar-refractivity contribution in [2.75, 3.05) is 0 Å². The summed E-state index contributed by atoms with van der Waals surface area (Å²) in [7, 11) is -3.58. The molecule has 1 spiro atoms. The fraction of sp³-hybridized carbons (Fsp3) is 0.846. The minimum atomic E-state index is -3.58. The van der Waals surface area contributed by atoms with Crippen molar-refractivity contribution < 1.29 is 17.5 Å². The van der Waals surface area contributed by atoms with Crippen molar-refractivity contribution in [1.29, 1.82) is 0 Å². The van der Waals surface area contributed by atoms with E-state index in [9.17, 15) is 9.59 Å². The molecule has 84 valence electrons. The first-order chi connectivity index (χ1) is 7.53. The van der Waals surface area contributed by atoms with Crippen LogP contribution in [0.5, 0.6) is 0 Å². The number of rotatable bonds is 3. The molecule has 10 fully saturated rings. The van der Waals surface area contributed by atoms with Crippen LogP contribution in [0.3, 0.4) is 0 Å². The van der Waals surface area contributed by atoms with E-state index in [2.05, 4.69) is 0 Å². The van der Waals surface area contributed by atoms with Crippen LogP contribution in [0, 0.1) is 0 Å². The Morgan fingerprint density at radius 1 is 1.00 bits per heavy atom. The first-order valence-electron chi connectivity index (χ1n) is 6.71. The van der Waals surface area contributed by atoms with Gasteiger partial charge in [0.25, 0.3) is 0 Å². The average molecular weight is 390 g/mol. The van der Waals surface area contributed by atoms with Crippen LogP contribution in [0.25, 0.3) is 0 Å². The number of carbonyl (C=O) groups is 2. The summed E-state index contributed by atoms with van der Waals surface area (Å²) in [5.74, 6) is 0.493. The fourth-order valence-corrected chi connectivity index (χ4v) is 242. The molecule has 0 radical (unpaired) electrons. The van der Waals surface area contributed by atoms with Gasteiger partial charge in [-0.25, -0.2) is 0 Å². The van der Waals surface area contributed by atoms with Crippen molar-refractivity contribution in [2.24, 2.45) is 0 Å². The Kier molecular flexibility index (Phi) is 0.153. The van der Waals surface area contributed by atoms with Crippen LogP contribution in [-0.4, -0.2) is 12.1 Å².